The Hall–Kier alpha value is -1.54. The van der Waals surface area contributed by atoms with Crippen LogP contribution in [-0.4, -0.2) is 4.98 Å². The standard InChI is InChI=1S/C15H16ClNO/c1-11-5-3-4-6-13(11)10-18-15-8-7-12(2)17-14(15)9-16/h3-8H,9-10H2,1-2H3. The number of nitrogens with zero attached hydrogens (tertiary/aromatic N) is 1. The summed E-state index contributed by atoms with van der Waals surface area (Å²) in [7, 11) is 0. The van der Waals surface area contributed by atoms with Gasteiger partial charge >= 0.3 is 0 Å². The Balaban J connectivity index is 2.13. The molecule has 2 rings (SSSR count). The van der Waals surface area contributed by atoms with E-state index in [0.29, 0.717) is 12.5 Å². The van der Waals surface area contributed by atoms with Crippen LogP contribution in [0.5, 0.6) is 5.75 Å². The molecule has 0 aliphatic rings. The van der Waals surface area contributed by atoms with E-state index in [-0.39, 0.29) is 0 Å². The van der Waals surface area contributed by atoms with Gasteiger partial charge in [0.15, 0.2) is 0 Å². The maximum Gasteiger partial charge on any atom is 0.142 e. The average molecular weight is 262 g/mol. The lowest BCUT2D eigenvalue weighted by Gasteiger charge is -2.11. The zero-order valence-corrected chi connectivity index (χ0v) is 11.4. The van der Waals surface area contributed by atoms with Gasteiger partial charge in [-0.1, -0.05) is 24.3 Å². The fourth-order valence-corrected chi connectivity index (χ4v) is 1.94. The maximum atomic E-state index is 5.87. The molecule has 1 aromatic carbocycles. The summed E-state index contributed by atoms with van der Waals surface area (Å²) >= 11 is 5.87. The Kier molecular flexibility index (Phi) is 4.21. The molecule has 1 aromatic heterocycles. The normalized spacial score (nSPS) is 10.4. The lowest BCUT2D eigenvalue weighted by atomic mass is 10.1. The van der Waals surface area contributed by atoms with Crippen LogP contribution in [0.3, 0.4) is 0 Å². The molecule has 1 heterocycles. The summed E-state index contributed by atoms with van der Waals surface area (Å²) in [5, 5.41) is 0. The second kappa shape index (κ2) is 5.87. The number of hydrogen-bond acceptors (Lipinski definition) is 2. The first kappa shape index (κ1) is 12.9. The fourth-order valence-electron chi connectivity index (χ4n) is 1.75. The van der Waals surface area contributed by atoms with E-state index in [1.165, 1.54) is 11.1 Å². The van der Waals surface area contributed by atoms with Gasteiger partial charge in [-0.25, -0.2) is 0 Å². The number of halogens is 1. The van der Waals surface area contributed by atoms with Crippen molar-refractivity contribution in [2.75, 3.05) is 0 Å². The van der Waals surface area contributed by atoms with Gasteiger partial charge in [0.2, 0.25) is 0 Å². The highest BCUT2D eigenvalue weighted by molar-refractivity contribution is 6.17. The van der Waals surface area contributed by atoms with Gasteiger partial charge in [0.1, 0.15) is 12.4 Å². The highest BCUT2D eigenvalue weighted by Gasteiger charge is 2.06. The highest BCUT2D eigenvalue weighted by atomic mass is 35.5. The van der Waals surface area contributed by atoms with Crippen LogP contribution in [0.15, 0.2) is 36.4 Å². The van der Waals surface area contributed by atoms with Crippen molar-refractivity contribution in [1.82, 2.24) is 4.98 Å². The van der Waals surface area contributed by atoms with E-state index in [1.54, 1.807) is 0 Å². The van der Waals surface area contributed by atoms with Crippen LogP contribution in [0.4, 0.5) is 0 Å². The van der Waals surface area contributed by atoms with E-state index >= 15 is 0 Å². The Morgan fingerprint density at radius 2 is 1.89 bits per heavy atom. The number of aromatic nitrogens is 1. The molecule has 0 amide bonds. The molecule has 3 heteroatoms. The van der Waals surface area contributed by atoms with Crippen molar-refractivity contribution in [1.29, 1.82) is 0 Å². The fraction of sp³-hybridized carbons (Fsp3) is 0.267. The molecule has 0 saturated carbocycles. The molecule has 2 aromatic rings. The average Bonchev–Trinajstić information content (AvgIpc) is 2.39. The lowest BCUT2D eigenvalue weighted by molar-refractivity contribution is 0.301. The molecule has 0 atom stereocenters. The monoisotopic (exact) mass is 261 g/mol. The van der Waals surface area contributed by atoms with Crippen LogP contribution in [0.25, 0.3) is 0 Å². The number of rotatable bonds is 4. The zero-order chi connectivity index (χ0) is 13.0. The predicted molar refractivity (Wildman–Crippen MR) is 74.0 cm³/mol. The van der Waals surface area contributed by atoms with Crippen molar-refractivity contribution in [3.05, 3.63) is 58.9 Å². The first-order valence-corrected chi connectivity index (χ1v) is 6.44. The van der Waals surface area contributed by atoms with Gasteiger partial charge in [0.25, 0.3) is 0 Å². The van der Waals surface area contributed by atoms with Crippen LogP contribution < -0.4 is 4.74 Å². The van der Waals surface area contributed by atoms with Gasteiger partial charge in [-0.2, -0.15) is 0 Å². The van der Waals surface area contributed by atoms with Crippen LogP contribution >= 0.6 is 11.6 Å². The van der Waals surface area contributed by atoms with Gasteiger partial charge in [0.05, 0.1) is 11.6 Å². The molecule has 0 saturated heterocycles. The summed E-state index contributed by atoms with van der Waals surface area (Å²) in [5.41, 5.74) is 4.16. The summed E-state index contributed by atoms with van der Waals surface area (Å²) in [6, 6.07) is 12.0. The van der Waals surface area contributed by atoms with Crippen LogP contribution in [0.1, 0.15) is 22.5 Å². The second-order valence-corrected chi connectivity index (χ2v) is 4.51. The van der Waals surface area contributed by atoms with Crippen molar-refractivity contribution in [2.45, 2.75) is 26.3 Å². The molecule has 0 radical (unpaired) electrons. The molecule has 0 aliphatic heterocycles. The summed E-state index contributed by atoms with van der Waals surface area (Å²) in [6.45, 7) is 4.57. The molecule has 0 bridgehead atoms. The van der Waals surface area contributed by atoms with Gasteiger partial charge < -0.3 is 4.74 Å². The SMILES string of the molecule is Cc1ccc(OCc2ccccc2C)c(CCl)n1. The molecule has 0 spiro atoms. The minimum atomic E-state index is 0.366. The summed E-state index contributed by atoms with van der Waals surface area (Å²) in [5.74, 6) is 1.13. The molecular weight excluding hydrogens is 246 g/mol. The summed E-state index contributed by atoms with van der Waals surface area (Å²) < 4.78 is 5.80. The number of benzene rings is 1. The first-order chi connectivity index (χ1) is 8.70. The number of aryl methyl sites for hydroxylation is 2. The topological polar surface area (TPSA) is 22.1 Å². The van der Waals surface area contributed by atoms with E-state index in [9.17, 15) is 0 Å². The molecule has 0 aliphatic carbocycles. The molecule has 94 valence electrons. The second-order valence-electron chi connectivity index (χ2n) is 4.25. The smallest absolute Gasteiger partial charge is 0.142 e. The molecule has 2 nitrogen and oxygen atoms in total. The van der Waals surface area contributed by atoms with Gasteiger partial charge in [-0.05, 0) is 37.1 Å². The number of ether oxygens (including phenoxy) is 1. The van der Waals surface area contributed by atoms with E-state index in [0.717, 1.165) is 17.1 Å². The zero-order valence-electron chi connectivity index (χ0n) is 10.6. The molecular formula is C15H16ClNO. The van der Waals surface area contributed by atoms with Gasteiger partial charge in [-0.3, -0.25) is 4.98 Å². The largest absolute Gasteiger partial charge is 0.487 e. The number of hydrogen-bond donors (Lipinski definition) is 0. The van der Waals surface area contributed by atoms with E-state index < -0.39 is 0 Å². The Morgan fingerprint density at radius 1 is 1.11 bits per heavy atom. The van der Waals surface area contributed by atoms with Crippen molar-refractivity contribution < 1.29 is 4.74 Å². The summed E-state index contributed by atoms with van der Waals surface area (Å²) in [4.78, 5) is 4.37. The molecule has 0 fully saturated rings. The van der Waals surface area contributed by atoms with Crippen molar-refractivity contribution in [3.63, 3.8) is 0 Å². The Morgan fingerprint density at radius 3 is 2.61 bits per heavy atom. The Bertz CT molecular complexity index is 540. The van der Waals surface area contributed by atoms with E-state index in [2.05, 4.69) is 24.0 Å². The third-order valence-electron chi connectivity index (χ3n) is 2.84. The molecule has 0 N–H and O–H groups in total. The number of pyridine rings is 1. The van der Waals surface area contributed by atoms with Gasteiger partial charge in [0, 0.05) is 5.69 Å². The molecule has 18 heavy (non-hydrogen) atoms. The maximum absolute atomic E-state index is 5.87. The van der Waals surface area contributed by atoms with E-state index in [1.807, 2.05) is 31.2 Å². The Labute approximate surface area is 113 Å². The minimum Gasteiger partial charge on any atom is -0.487 e. The van der Waals surface area contributed by atoms with Crippen LogP contribution in [0.2, 0.25) is 0 Å². The van der Waals surface area contributed by atoms with Crippen LogP contribution in [0, 0.1) is 13.8 Å². The van der Waals surface area contributed by atoms with Crippen molar-refractivity contribution >= 4 is 11.6 Å². The van der Waals surface area contributed by atoms with Crippen molar-refractivity contribution in [3.8, 4) is 5.75 Å². The predicted octanol–water partition coefficient (Wildman–Crippen LogP) is 4.02. The third kappa shape index (κ3) is 3.02. The highest BCUT2D eigenvalue weighted by Crippen LogP contribution is 2.20. The first-order valence-electron chi connectivity index (χ1n) is 5.90. The van der Waals surface area contributed by atoms with Gasteiger partial charge in [-0.15, -0.1) is 11.6 Å². The van der Waals surface area contributed by atoms with Crippen LogP contribution in [-0.2, 0) is 12.5 Å². The summed E-state index contributed by atoms with van der Waals surface area (Å²) in [6.07, 6.45) is 0. The third-order valence-corrected chi connectivity index (χ3v) is 3.10. The van der Waals surface area contributed by atoms with Crippen molar-refractivity contribution in [2.24, 2.45) is 0 Å². The number of alkyl halides is 1. The lowest BCUT2D eigenvalue weighted by Crippen LogP contribution is -2.01. The quantitative estimate of drug-likeness (QED) is 0.776. The minimum absolute atomic E-state index is 0.366. The van der Waals surface area contributed by atoms with E-state index in [4.69, 9.17) is 16.3 Å². The molecule has 0 unspecified atom stereocenters.